The van der Waals surface area contributed by atoms with Gasteiger partial charge in [0.1, 0.15) is 0 Å². The van der Waals surface area contributed by atoms with Gasteiger partial charge in [-0.15, -0.1) is 0 Å². The molecule has 1 aromatic carbocycles. The Kier molecular flexibility index (Phi) is 7.59. The number of nitrogens with one attached hydrogen (secondary N) is 2. The molecule has 2 N–H and O–H groups in total. The van der Waals surface area contributed by atoms with Gasteiger partial charge in [-0.3, -0.25) is 9.59 Å². The largest absolute Gasteiger partial charge is 0.465 e. The molecule has 0 radical (unpaired) electrons. The Morgan fingerprint density at radius 2 is 2.05 bits per heavy atom. The van der Waals surface area contributed by atoms with Gasteiger partial charge in [-0.1, -0.05) is 28.9 Å². The van der Waals surface area contributed by atoms with E-state index in [1.807, 2.05) is 6.92 Å². The predicted molar refractivity (Wildman–Crippen MR) is 87.0 cm³/mol. The normalized spacial score (nSPS) is 11.4. The van der Waals surface area contributed by atoms with Crippen molar-refractivity contribution in [3.8, 4) is 0 Å². The summed E-state index contributed by atoms with van der Waals surface area (Å²) in [6.45, 7) is 2.14. The highest BCUT2D eigenvalue weighted by atomic mass is 79.9. The van der Waals surface area contributed by atoms with Gasteiger partial charge < -0.3 is 15.4 Å². The molecule has 7 heteroatoms. The number of hydrogen-bond donors (Lipinski definition) is 2. The highest BCUT2D eigenvalue weighted by molar-refractivity contribution is 9.10. The third kappa shape index (κ3) is 5.85. The van der Waals surface area contributed by atoms with Crippen LogP contribution >= 0.6 is 15.9 Å². The molecule has 0 saturated heterocycles. The van der Waals surface area contributed by atoms with Gasteiger partial charge in [-0.2, -0.15) is 0 Å². The van der Waals surface area contributed by atoms with Gasteiger partial charge >= 0.3 is 5.97 Å². The van der Waals surface area contributed by atoms with E-state index < -0.39 is 5.97 Å². The van der Waals surface area contributed by atoms with Crippen molar-refractivity contribution in [1.82, 2.24) is 5.32 Å². The van der Waals surface area contributed by atoms with E-state index in [0.29, 0.717) is 17.7 Å². The van der Waals surface area contributed by atoms with Gasteiger partial charge in [-0.05, 0) is 24.6 Å². The van der Waals surface area contributed by atoms with Gasteiger partial charge in [0.2, 0.25) is 11.8 Å². The van der Waals surface area contributed by atoms with Crippen LogP contribution in [0.3, 0.4) is 0 Å². The Hall–Kier alpha value is -1.89. The number of rotatable bonds is 7. The summed E-state index contributed by atoms with van der Waals surface area (Å²) >= 11 is 3.24. The van der Waals surface area contributed by atoms with E-state index >= 15 is 0 Å². The second kappa shape index (κ2) is 9.19. The number of anilines is 1. The lowest BCUT2D eigenvalue weighted by molar-refractivity contribution is -0.120. The summed E-state index contributed by atoms with van der Waals surface area (Å²) in [7, 11) is 1.30. The van der Waals surface area contributed by atoms with Crippen molar-refractivity contribution in [3.05, 3.63) is 29.8 Å². The highest BCUT2D eigenvalue weighted by Gasteiger charge is 2.12. The Morgan fingerprint density at radius 3 is 2.68 bits per heavy atom. The molecule has 1 rings (SSSR count). The number of carbonyl (C=O) groups is 3. The molecule has 120 valence electrons. The van der Waals surface area contributed by atoms with Crippen LogP contribution in [0.25, 0.3) is 0 Å². The van der Waals surface area contributed by atoms with Crippen LogP contribution in [0, 0.1) is 0 Å². The van der Waals surface area contributed by atoms with Crippen LogP contribution in [0.15, 0.2) is 24.3 Å². The average molecular weight is 371 g/mol. The minimum absolute atomic E-state index is 0.136. The quantitative estimate of drug-likeness (QED) is 0.568. The van der Waals surface area contributed by atoms with Crippen LogP contribution in [0.4, 0.5) is 5.69 Å². The van der Waals surface area contributed by atoms with Crippen LogP contribution < -0.4 is 10.6 Å². The number of carbonyl (C=O) groups excluding carboxylic acids is 3. The van der Waals surface area contributed by atoms with E-state index in [1.54, 1.807) is 18.2 Å². The van der Waals surface area contributed by atoms with Crippen molar-refractivity contribution in [1.29, 1.82) is 0 Å². The summed E-state index contributed by atoms with van der Waals surface area (Å²) in [6, 6.07) is 6.46. The minimum Gasteiger partial charge on any atom is -0.465 e. The first-order chi connectivity index (χ1) is 10.5. The molecular weight excluding hydrogens is 352 g/mol. The van der Waals surface area contributed by atoms with E-state index in [4.69, 9.17) is 0 Å². The molecule has 0 saturated carbocycles. The van der Waals surface area contributed by atoms with Crippen LogP contribution in [-0.4, -0.2) is 36.3 Å². The zero-order valence-electron chi connectivity index (χ0n) is 12.5. The predicted octanol–water partition coefficient (Wildman–Crippen LogP) is 2.09. The zero-order chi connectivity index (χ0) is 16.5. The van der Waals surface area contributed by atoms with E-state index in [9.17, 15) is 14.4 Å². The second-order valence-corrected chi connectivity index (χ2v) is 5.64. The maximum atomic E-state index is 11.8. The molecule has 0 aliphatic carbocycles. The molecule has 6 nitrogen and oxygen atoms in total. The number of benzene rings is 1. The summed E-state index contributed by atoms with van der Waals surface area (Å²) in [4.78, 5) is 34.5. The number of alkyl halides is 1. The average Bonchev–Trinajstić information content (AvgIpc) is 2.53. The standard InChI is InChI=1S/C15H19BrN2O4/c1-3-12(16)14(20)17-8-7-13(19)18-11-6-4-5-10(9-11)15(21)22-2/h4-6,9,12H,3,7-8H2,1-2H3,(H,17,20)(H,18,19)/t12-/m0/s1. The number of ether oxygens (including phenoxy) is 1. The van der Waals surface area contributed by atoms with Gasteiger partial charge in [0.25, 0.3) is 0 Å². The molecule has 2 amide bonds. The lowest BCUT2D eigenvalue weighted by Crippen LogP contribution is -2.33. The Labute approximate surface area is 137 Å². The number of hydrogen-bond acceptors (Lipinski definition) is 4. The van der Waals surface area contributed by atoms with Gasteiger partial charge in [-0.25, -0.2) is 4.79 Å². The molecule has 0 unspecified atom stereocenters. The molecule has 0 aromatic heterocycles. The minimum atomic E-state index is -0.466. The molecule has 0 spiro atoms. The first kappa shape index (κ1) is 18.2. The molecule has 0 fully saturated rings. The van der Waals surface area contributed by atoms with Gasteiger partial charge in [0, 0.05) is 18.7 Å². The van der Waals surface area contributed by atoms with Crippen molar-refractivity contribution in [3.63, 3.8) is 0 Å². The fraction of sp³-hybridized carbons (Fsp3) is 0.400. The van der Waals surface area contributed by atoms with E-state index in [-0.39, 0.29) is 29.6 Å². The smallest absolute Gasteiger partial charge is 0.337 e. The summed E-state index contributed by atoms with van der Waals surface area (Å²) in [6.07, 6.45) is 0.829. The summed E-state index contributed by atoms with van der Waals surface area (Å²) in [5.74, 6) is -0.848. The number of amides is 2. The number of methoxy groups -OCH3 is 1. The fourth-order valence-electron chi connectivity index (χ4n) is 1.66. The molecule has 0 aliphatic heterocycles. The Morgan fingerprint density at radius 1 is 1.32 bits per heavy atom. The van der Waals surface area contributed by atoms with Gasteiger partial charge in [0.15, 0.2) is 0 Å². The van der Waals surface area contributed by atoms with Crippen LogP contribution in [0.1, 0.15) is 30.1 Å². The molecule has 1 atom stereocenters. The van der Waals surface area contributed by atoms with Gasteiger partial charge in [0.05, 0.1) is 17.5 Å². The van der Waals surface area contributed by atoms with Crippen molar-refractivity contribution in [2.75, 3.05) is 19.0 Å². The van der Waals surface area contributed by atoms with E-state index in [0.717, 1.165) is 0 Å². The van der Waals surface area contributed by atoms with Crippen LogP contribution in [0.5, 0.6) is 0 Å². The SMILES string of the molecule is CC[C@H](Br)C(=O)NCCC(=O)Nc1cccc(C(=O)OC)c1. The maximum absolute atomic E-state index is 11.8. The third-order valence-corrected chi connectivity index (χ3v) is 3.92. The number of halogens is 1. The zero-order valence-corrected chi connectivity index (χ0v) is 14.1. The van der Waals surface area contributed by atoms with Crippen molar-refractivity contribution < 1.29 is 19.1 Å². The molecule has 1 aromatic rings. The van der Waals surface area contributed by atoms with Crippen molar-refractivity contribution >= 4 is 39.4 Å². The second-order valence-electron chi connectivity index (χ2n) is 4.54. The summed E-state index contributed by atoms with van der Waals surface area (Å²) in [5.41, 5.74) is 0.866. The molecule has 22 heavy (non-hydrogen) atoms. The maximum Gasteiger partial charge on any atom is 0.337 e. The molecule has 0 aliphatic rings. The monoisotopic (exact) mass is 370 g/mol. The molecular formula is C15H19BrN2O4. The van der Waals surface area contributed by atoms with E-state index in [2.05, 4.69) is 31.3 Å². The topological polar surface area (TPSA) is 84.5 Å². The third-order valence-electron chi connectivity index (χ3n) is 2.86. The highest BCUT2D eigenvalue weighted by Crippen LogP contribution is 2.11. The molecule has 0 bridgehead atoms. The fourth-order valence-corrected chi connectivity index (χ4v) is 1.82. The lowest BCUT2D eigenvalue weighted by Gasteiger charge is -2.09. The summed E-state index contributed by atoms with van der Waals surface area (Å²) in [5, 5.41) is 5.34. The lowest BCUT2D eigenvalue weighted by atomic mass is 10.2. The van der Waals surface area contributed by atoms with Crippen LogP contribution in [-0.2, 0) is 14.3 Å². The Bertz CT molecular complexity index is 548. The Balaban J connectivity index is 2.45. The molecule has 0 heterocycles. The first-order valence-electron chi connectivity index (χ1n) is 6.88. The van der Waals surface area contributed by atoms with Crippen LogP contribution in [0.2, 0.25) is 0 Å². The first-order valence-corrected chi connectivity index (χ1v) is 7.79. The number of esters is 1. The summed E-state index contributed by atoms with van der Waals surface area (Å²) < 4.78 is 4.62. The van der Waals surface area contributed by atoms with E-state index in [1.165, 1.54) is 13.2 Å². The van der Waals surface area contributed by atoms with Crippen molar-refractivity contribution in [2.45, 2.75) is 24.6 Å². The van der Waals surface area contributed by atoms with Crippen molar-refractivity contribution in [2.24, 2.45) is 0 Å².